The molecule has 164 valence electrons. The van der Waals surface area contributed by atoms with Crippen LogP contribution in [0, 0.1) is 6.92 Å². The summed E-state index contributed by atoms with van der Waals surface area (Å²) in [7, 11) is 1.62. The predicted octanol–water partition coefficient (Wildman–Crippen LogP) is 5.95. The fourth-order valence-corrected chi connectivity index (χ4v) is 3.47. The molecule has 1 heterocycles. The molecule has 0 aliphatic rings. The number of rotatable bonds is 7. The van der Waals surface area contributed by atoms with Crippen molar-refractivity contribution in [2.24, 2.45) is 0 Å². The van der Waals surface area contributed by atoms with E-state index in [0.29, 0.717) is 28.6 Å². The van der Waals surface area contributed by atoms with E-state index in [1.165, 1.54) is 0 Å². The Morgan fingerprint density at radius 3 is 2.72 bits per heavy atom. The maximum absolute atomic E-state index is 12.5. The number of fused-ring (bicyclic) bond motifs is 1. The van der Waals surface area contributed by atoms with Crippen molar-refractivity contribution in [1.82, 2.24) is 4.98 Å². The highest BCUT2D eigenvalue weighted by atomic mass is 16.5. The number of hydrogen-bond donors (Lipinski definition) is 1. The molecule has 6 nitrogen and oxygen atoms in total. The van der Waals surface area contributed by atoms with Crippen LogP contribution in [0.25, 0.3) is 22.6 Å². The first kappa shape index (κ1) is 21.4. The van der Waals surface area contributed by atoms with E-state index in [4.69, 9.17) is 13.9 Å². The molecule has 0 fully saturated rings. The molecule has 0 unspecified atom stereocenters. The van der Waals surface area contributed by atoms with Gasteiger partial charge in [0.25, 0.3) is 5.91 Å². The first-order chi connectivity index (χ1) is 15.4. The predicted molar refractivity (Wildman–Crippen MR) is 125 cm³/mol. The number of hydrogen-bond acceptors (Lipinski definition) is 5. The van der Waals surface area contributed by atoms with Crippen molar-refractivity contribution in [3.8, 4) is 23.0 Å². The second kappa shape index (κ2) is 9.14. The number of carbonyl (C=O) groups excluding carboxylic acids is 1. The van der Waals surface area contributed by atoms with Crippen molar-refractivity contribution >= 4 is 22.7 Å². The van der Waals surface area contributed by atoms with Crippen LogP contribution in [0.1, 0.15) is 30.9 Å². The summed E-state index contributed by atoms with van der Waals surface area (Å²) < 4.78 is 17.0. The average Bonchev–Trinajstić information content (AvgIpc) is 3.21. The number of methoxy groups -OCH3 is 1. The Labute approximate surface area is 187 Å². The third kappa shape index (κ3) is 4.75. The third-order valence-electron chi connectivity index (χ3n) is 5.14. The van der Waals surface area contributed by atoms with Crippen LogP contribution in [0.4, 0.5) is 5.69 Å². The molecule has 1 aromatic heterocycles. The van der Waals surface area contributed by atoms with Crippen molar-refractivity contribution in [2.75, 3.05) is 19.0 Å². The Kier molecular flexibility index (Phi) is 6.12. The lowest BCUT2D eigenvalue weighted by molar-refractivity contribution is -0.118. The third-order valence-corrected chi connectivity index (χ3v) is 5.14. The van der Waals surface area contributed by atoms with Crippen LogP contribution in [0.3, 0.4) is 0 Å². The lowest BCUT2D eigenvalue weighted by atomic mass is 10.0. The molecule has 0 atom stereocenters. The summed E-state index contributed by atoms with van der Waals surface area (Å²) in [5.74, 6) is 2.03. The Bertz CT molecular complexity index is 1260. The Hall–Kier alpha value is -3.80. The number of nitrogens with zero attached hydrogens (tertiary/aromatic N) is 1. The van der Waals surface area contributed by atoms with Gasteiger partial charge in [0, 0.05) is 11.3 Å². The number of ether oxygens (including phenoxy) is 2. The number of aromatic nitrogens is 1. The van der Waals surface area contributed by atoms with Crippen LogP contribution in [-0.4, -0.2) is 24.6 Å². The highest BCUT2D eigenvalue weighted by molar-refractivity contribution is 5.94. The quantitative estimate of drug-likeness (QED) is 0.392. The van der Waals surface area contributed by atoms with E-state index in [-0.39, 0.29) is 12.5 Å². The minimum atomic E-state index is -0.239. The summed E-state index contributed by atoms with van der Waals surface area (Å²) in [4.78, 5) is 17.0. The van der Waals surface area contributed by atoms with Gasteiger partial charge in [-0.2, -0.15) is 0 Å². The van der Waals surface area contributed by atoms with Crippen LogP contribution < -0.4 is 14.8 Å². The Morgan fingerprint density at radius 2 is 1.94 bits per heavy atom. The maximum atomic E-state index is 12.5. The lowest BCUT2D eigenvalue weighted by Crippen LogP contribution is -2.20. The van der Waals surface area contributed by atoms with Gasteiger partial charge in [-0.1, -0.05) is 32.0 Å². The van der Waals surface area contributed by atoms with Gasteiger partial charge in [0.1, 0.15) is 17.0 Å². The van der Waals surface area contributed by atoms with E-state index >= 15 is 0 Å². The van der Waals surface area contributed by atoms with Gasteiger partial charge in [-0.25, -0.2) is 4.98 Å². The lowest BCUT2D eigenvalue weighted by Gasteiger charge is -2.14. The molecule has 4 rings (SSSR count). The van der Waals surface area contributed by atoms with E-state index in [9.17, 15) is 4.79 Å². The van der Waals surface area contributed by atoms with E-state index in [2.05, 4.69) is 30.2 Å². The number of anilines is 1. The van der Waals surface area contributed by atoms with Crippen molar-refractivity contribution in [3.63, 3.8) is 0 Å². The molecule has 32 heavy (non-hydrogen) atoms. The highest BCUT2D eigenvalue weighted by Gasteiger charge is 2.13. The van der Waals surface area contributed by atoms with Gasteiger partial charge in [0.2, 0.25) is 5.89 Å². The molecule has 1 N–H and O–H groups in total. The number of benzene rings is 3. The molecule has 0 saturated carbocycles. The standard InChI is InChI=1S/C26H26N2O4/c1-16(2)21-10-8-17(3)12-24(21)31-15-25(29)27-19-9-11-23-22(14-19)28-26(32-23)18-6-5-7-20(13-18)30-4/h5-14,16H,15H2,1-4H3,(H,27,29). The molecule has 6 heteroatoms. The van der Waals surface area contributed by atoms with E-state index < -0.39 is 0 Å². The molecule has 0 spiro atoms. The fraction of sp³-hybridized carbons (Fsp3) is 0.231. The summed E-state index contributed by atoms with van der Waals surface area (Å²) in [6.45, 7) is 6.13. The largest absolute Gasteiger partial charge is 0.497 e. The molecule has 1 amide bonds. The Balaban J connectivity index is 1.46. The molecule has 0 bridgehead atoms. The van der Waals surface area contributed by atoms with Crippen molar-refractivity contribution in [1.29, 1.82) is 0 Å². The fourth-order valence-electron chi connectivity index (χ4n) is 3.47. The zero-order valence-corrected chi connectivity index (χ0v) is 18.6. The summed E-state index contributed by atoms with van der Waals surface area (Å²) in [6.07, 6.45) is 0. The second-order valence-corrected chi connectivity index (χ2v) is 7.97. The number of aryl methyl sites for hydroxylation is 1. The number of nitrogens with one attached hydrogen (secondary N) is 1. The highest BCUT2D eigenvalue weighted by Crippen LogP contribution is 2.29. The monoisotopic (exact) mass is 430 g/mol. The van der Waals surface area contributed by atoms with E-state index in [0.717, 1.165) is 28.2 Å². The van der Waals surface area contributed by atoms with Crippen molar-refractivity contribution in [2.45, 2.75) is 26.7 Å². The van der Waals surface area contributed by atoms with Gasteiger partial charge in [-0.3, -0.25) is 4.79 Å². The van der Waals surface area contributed by atoms with Crippen molar-refractivity contribution < 1.29 is 18.7 Å². The van der Waals surface area contributed by atoms with Gasteiger partial charge in [-0.15, -0.1) is 0 Å². The first-order valence-electron chi connectivity index (χ1n) is 10.5. The van der Waals surface area contributed by atoms with Gasteiger partial charge in [0.15, 0.2) is 12.2 Å². The number of amides is 1. The van der Waals surface area contributed by atoms with E-state index in [1.807, 2.05) is 43.3 Å². The SMILES string of the molecule is COc1cccc(-c2nc3cc(NC(=O)COc4cc(C)ccc4C(C)C)ccc3o2)c1. The van der Waals surface area contributed by atoms with Crippen LogP contribution in [0.5, 0.6) is 11.5 Å². The van der Waals surface area contributed by atoms with Gasteiger partial charge >= 0.3 is 0 Å². The Morgan fingerprint density at radius 1 is 1.09 bits per heavy atom. The first-order valence-corrected chi connectivity index (χ1v) is 10.5. The van der Waals surface area contributed by atoms with Crippen molar-refractivity contribution in [3.05, 3.63) is 71.8 Å². The molecule has 4 aromatic rings. The number of carbonyl (C=O) groups is 1. The van der Waals surface area contributed by atoms with E-state index in [1.54, 1.807) is 25.3 Å². The molecule has 0 aliphatic carbocycles. The maximum Gasteiger partial charge on any atom is 0.262 e. The minimum absolute atomic E-state index is 0.0743. The zero-order chi connectivity index (χ0) is 22.7. The molecule has 0 saturated heterocycles. The summed E-state index contributed by atoms with van der Waals surface area (Å²) in [6, 6.07) is 18.9. The summed E-state index contributed by atoms with van der Waals surface area (Å²) in [5.41, 5.74) is 4.91. The molecule has 0 radical (unpaired) electrons. The summed E-state index contributed by atoms with van der Waals surface area (Å²) in [5, 5.41) is 2.87. The topological polar surface area (TPSA) is 73.6 Å². The van der Waals surface area contributed by atoms with Crippen LogP contribution in [0.15, 0.2) is 65.1 Å². The summed E-state index contributed by atoms with van der Waals surface area (Å²) >= 11 is 0. The average molecular weight is 431 g/mol. The minimum Gasteiger partial charge on any atom is -0.497 e. The van der Waals surface area contributed by atoms with Gasteiger partial charge in [0.05, 0.1) is 7.11 Å². The zero-order valence-electron chi connectivity index (χ0n) is 18.6. The van der Waals surface area contributed by atoms with Crippen LogP contribution in [0.2, 0.25) is 0 Å². The van der Waals surface area contributed by atoms with Crippen LogP contribution in [-0.2, 0) is 4.79 Å². The molecule has 3 aromatic carbocycles. The van der Waals surface area contributed by atoms with Gasteiger partial charge < -0.3 is 19.2 Å². The van der Waals surface area contributed by atoms with Crippen LogP contribution >= 0.6 is 0 Å². The van der Waals surface area contributed by atoms with Gasteiger partial charge in [-0.05, 0) is 66.4 Å². The molecular weight excluding hydrogens is 404 g/mol. The normalized spacial score (nSPS) is 11.0. The second-order valence-electron chi connectivity index (χ2n) is 7.97. The number of oxazole rings is 1. The molecular formula is C26H26N2O4. The molecule has 0 aliphatic heterocycles. The smallest absolute Gasteiger partial charge is 0.262 e.